The molecule has 0 bridgehead atoms. The fraction of sp³-hybridized carbons (Fsp3) is 0.900. The SMILES string of the molecule is CC(=O)SCCN(CCC1CCCCC1)C(=O)NCCCN1CCCC1. The highest BCUT2D eigenvalue weighted by Crippen LogP contribution is 2.26. The van der Waals surface area contributed by atoms with E-state index in [1.54, 1.807) is 6.92 Å². The summed E-state index contributed by atoms with van der Waals surface area (Å²) in [5, 5.41) is 3.23. The van der Waals surface area contributed by atoms with Crippen molar-refractivity contribution in [2.24, 2.45) is 5.92 Å². The number of likely N-dealkylation sites (tertiary alicyclic amines) is 1. The maximum atomic E-state index is 12.6. The molecule has 1 saturated heterocycles. The second kappa shape index (κ2) is 12.6. The average molecular weight is 384 g/mol. The molecule has 0 atom stereocenters. The molecule has 0 aromatic rings. The van der Waals surface area contributed by atoms with Crippen molar-refractivity contribution in [1.82, 2.24) is 15.1 Å². The summed E-state index contributed by atoms with van der Waals surface area (Å²) >= 11 is 1.32. The topological polar surface area (TPSA) is 52.7 Å². The van der Waals surface area contributed by atoms with Gasteiger partial charge in [-0.05, 0) is 51.2 Å². The maximum Gasteiger partial charge on any atom is 0.317 e. The molecule has 1 saturated carbocycles. The molecule has 2 aliphatic rings. The number of nitrogens with zero attached hydrogens (tertiary/aromatic N) is 2. The molecule has 2 fully saturated rings. The van der Waals surface area contributed by atoms with E-state index < -0.39 is 0 Å². The van der Waals surface area contributed by atoms with Crippen molar-refractivity contribution in [1.29, 1.82) is 0 Å². The van der Waals surface area contributed by atoms with Crippen molar-refractivity contribution in [2.75, 3.05) is 45.0 Å². The molecule has 2 rings (SSSR count). The summed E-state index contributed by atoms with van der Waals surface area (Å²) in [6.07, 6.45) is 11.4. The van der Waals surface area contributed by atoms with Crippen LogP contribution in [0.15, 0.2) is 0 Å². The zero-order valence-corrected chi connectivity index (χ0v) is 17.3. The lowest BCUT2D eigenvalue weighted by Gasteiger charge is -2.27. The van der Waals surface area contributed by atoms with Crippen LogP contribution in [0.5, 0.6) is 0 Å². The predicted octanol–water partition coefficient (Wildman–Crippen LogP) is 3.73. The van der Waals surface area contributed by atoms with E-state index >= 15 is 0 Å². The Bertz CT molecular complexity index is 421. The summed E-state index contributed by atoms with van der Waals surface area (Å²) in [5.74, 6) is 1.47. The molecule has 6 heteroatoms. The van der Waals surface area contributed by atoms with E-state index in [-0.39, 0.29) is 11.1 Å². The van der Waals surface area contributed by atoms with Crippen LogP contribution in [-0.2, 0) is 4.79 Å². The Morgan fingerprint density at radius 3 is 2.50 bits per heavy atom. The maximum absolute atomic E-state index is 12.6. The van der Waals surface area contributed by atoms with Crippen LogP contribution in [0.3, 0.4) is 0 Å². The summed E-state index contributed by atoms with van der Waals surface area (Å²) in [6.45, 7) is 7.33. The lowest BCUT2D eigenvalue weighted by Crippen LogP contribution is -2.43. The second-order valence-electron chi connectivity index (χ2n) is 7.75. The molecule has 5 nitrogen and oxygen atoms in total. The van der Waals surface area contributed by atoms with Crippen LogP contribution in [-0.4, -0.2) is 66.0 Å². The van der Waals surface area contributed by atoms with Crippen molar-refractivity contribution in [3.05, 3.63) is 0 Å². The molecule has 1 aliphatic carbocycles. The quantitative estimate of drug-likeness (QED) is 0.584. The Labute approximate surface area is 163 Å². The summed E-state index contributed by atoms with van der Waals surface area (Å²) in [4.78, 5) is 28.2. The van der Waals surface area contributed by atoms with Crippen molar-refractivity contribution < 1.29 is 9.59 Å². The van der Waals surface area contributed by atoms with Gasteiger partial charge >= 0.3 is 6.03 Å². The van der Waals surface area contributed by atoms with Gasteiger partial charge in [0.1, 0.15) is 0 Å². The van der Waals surface area contributed by atoms with Crippen LogP contribution in [0.1, 0.15) is 64.7 Å². The second-order valence-corrected chi connectivity index (χ2v) is 9.03. The molecule has 0 unspecified atom stereocenters. The lowest BCUT2D eigenvalue weighted by molar-refractivity contribution is -0.109. The third-order valence-electron chi connectivity index (χ3n) is 5.61. The summed E-state index contributed by atoms with van der Waals surface area (Å²) in [7, 11) is 0. The Kier molecular flexibility index (Phi) is 10.4. The molecule has 0 spiro atoms. The van der Waals surface area contributed by atoms with Crippen LogP contribution in [0.2, 0.25) is 0 Å². The Morgan fingerprint density at radius 2 is 1.81 bits per heavy atom. The van der Waals surface area contributed by atoms with E-state index in [4.69, 9.17) is 0 Å². The van der Waals surface area contributed by atoms with E-state index in [9.17, 15) is 9.59 Å². The van der Waals surface area contributed by atoms with Gasteiger partial charge in [-0.3, -0.25) is 4.79 Å². The van der Waals surface area contributed by atoms with Crippen LogP contribution in [0, 0.1) is 5.92 Å². The molecule has 0 aromatic heterocycles. The van der Waals surface area contributed by atoms with Gasteiger partial charge in [0.15, 0.2) is 5.12 Å². The standard InChI is InChI=1S/C20H37N3O2S/c1-18(24)26-17-16-23(15-10-19-8-3-2-4-9-19)20(25)21-11-7-14-22-12-5-6-13-22/h19H,2-17H2,1H3,(H,21,25). The van der Waals surface area contributed by atoms with E-state index in [0.717, 1.165) is 38.4 Å². The number of carbonyl (C=O) groups is 2. The summed E-state index contributed by atoms with van der Waals surface area (Å²) < 4.78 is 0. The Morgan fingerprint density at radius 1 is 1.08 bits per heavy atom. The first kappa shape index (κ1) is 21.5. The van der Waals surface area contributed by atoms with Crippen molar-refractivity contribution in [3.8, 4) is 0 Å². The minimum Gasteiger partial charge on any atom is -0.338 e. The molecule has 0 aromatic carbocycles. The number of hydrogen-bond donors (Lipinski definition) is 1. The largest absolute Gasteiger partial charge is 0.338 e. The van der Waals surface area contributed by atoms with Crippen molar-refractivity contribution in [2.45, 2.75) is 64.7 Å². The first-order valence-electron chi connectivity index (χ1n) is 10.5. The number of carbonyl (C=O) groups excluding carboxylic acids is 2. The highest BCUT2D eigenvalue weighted by atomic mass is 32.2. The first-order valence-corrected chi connectivity index (χ1v) is 11.5. The molecule has 0 radical (unpaired) electrons. The lowest BCUT2D eigenvalue weighted by atomic mass is 9.87. The third kappa shape index (κ3) is 8.76. The third-order valence-corrected chi connectivity index (χ3v) is 6.41. The van der Waals surface area contributed by atoms with Crippen molar-refractivity contribution in [3.63, 3.8) is 0 Å². The normalized spacial score (nSPS) is 18.8. The van der Waals surface area contributed by atoms with Crippen LogP contribution in [0.4, 0.5) is 4.79 Å². The fourth-order valence-corrected chi connectivity index (χ4v) is 4.64. The molecule has 1 N–H and O–H groups in total. The van der Waals surface area contributed by atoms with Gasteiger partial charge in [0.05, 0.1) is 0 Å². The zero-order valence-electron chi connectivity index (χ0n) is 16.5. The molecular formula is C20H37N3O2S. The highest BCUT2D eigenvalue weighted by molar-refractivity contribution is 8.13. The predicted molar refractivity (Wildman–Crippen MR) is 110 cm³/mol. The van der Waals surface area contributed by atoms with Gasteiger partial charge in [-0.1, -0.05) is 43.9 Å². The van der Waals surface area contributed by atoms with Gasteiger partial charge in [0, 0.05) is 32.3 Å². The van der Waals surface area contributed by atoms with Gasteiger partial charge in [-0.15, -0.1) is 0 Å². The highest BCUT2D eigenvalue weighted by Gasteiger charge is 2.18. The van der Waals surface area contributed by atoms with E-state index in [1.165, 1.54) is 69.8 Å². The van der Waals surface area contributed by atoms with Gasteiger partial charge in [0.25, 0.3) is 0 Å². The molecule has 26 heavy (non-hydrogen) atoms. The zero-order chi connectivity index (χ0) is 18.6. The smallest absolute Gasteiger partial charge is 0.317 e. The Balaban J connectivity index is 1.68. The number of amides is 2. The first-order chi connectivity index (χ1) is 12.6. The van der Waals surface area contributed by atoms with Gasteiger partial charge < -0.3 is 15.1 Å². The van der Waals surface area contributed by atoms with E-state index in [0.29, 0.717) is 12.3 Å². The minimum absolute atomic E-state index is 0.0476. The summed E-state index contributed by atoms with van der Waals surface area (Å²) in [6, 6.07) is 0.0476. The number of thioether (sulfide) groups is 1. The molecule has 2 amide bonds. The van der Waals surface area contributed by atoms with Crippen molar-refractivity contribution >= 4 is 22.9 Å². The molecule has 150 valence electrons. The van der Waals surface area contributed by atoms with Crippen LogP contribution < -0.4 is 5.32 Å². The molecule has 1 aliphatic heterocycles. The fourth-order valence-electron chi connectivity index (χ4n) is 4.04. The van der Waals surface area contributed by atoms with E-state index in [2.05, 4.69) is 10.2 Å². The van der Waals surface area contributed by atoms with Gasteiger partial charge in [0.2, 0.25) is 0 Å². The Hall–Kier alpha value is -0.750. The average Bonchev–Trinajstić information content (AvgIpc) is 3.15. The molecular weight excluding hydrogens is 346 g/mol. The number of hydrogen-bond acceptors (Lipinski definition) is 4. The number of urea groups is 1. The van der Waals surface area contributed by atoms with Gasteiger partial charge in [-0.25, -0.2) is 4.79 Å². The number of nitrogens with one attached hydrogen (secondary N) is 1. The number of rotatable bonds is 10. The van der Waals surface area contributed by atoms with E-state index in [1.807, 2.05) is 4.90 Å². The van der Waals surface area contributed by atoms with Crippen LogP contribution in [0.25, 0.3) is 0 Å². The minimum atomic E-state index is 0.0476. The summed E-state index contributed by atoms with van der Waals surface area (Å²) in [5.41, 5.74) is 0. The van der Waals surface area contributed by atoms with Gasteiger partial charge in [-0.2, -0.15) is 0 Å². The molecule has 1 heterocycles. The van der Waals surface area contributed by atoms with Crippen LogP contribution >= 0.6 is 11.8 Å². The monoisotopic (exact) mass is 383 g/mol.